The molecule has 0 aliphatic carbocycles. The van der Waals surface area contributed by atoms with Crippen LogP contribution in [0.3, 0.4) is 0 Å². The number of benzene rings is 2. The van der Waals surface area contributed by atoms with Crippen molar-refractivity contribution in [2.45, 2.75) is 0 Å². The van der Waals surface area contributed by atoms with Gasteiger partial charge in [0.1, 0.15) is 17.3 Å². The molecule has 3 aromatic rings. The quantitative estimate of drug-likeness (QED) is 0.627. The van der Waals surface area contributed by atoms with E-state index in [4.69, 9.17) is 4.74 Å². The number of hydrogen-bond donors (Lipinski definition) is 1. The van der Waals surface area contributed by atoms with Crippen LogP contribution in [0, 0.1) is 11.6 Å². The van der Waals surface area contributed by atoms with E-state index in [2.05, 4.69) is 5.32 Å². The molecule has 10 heteroatoms. The molecule has 4 rings (SSSR count). The smallest absolute Gasteiger partial charge is 0.273 e. The first-order valence-electron chi connectivity index (χ1n) is 9.54. The molecule has 1 aromatic heterocycles. The second kappa shape index (κ2) is 8.12. The predicted molar refractivity (Wildman–Crippen MR) is 119 cm³/mol. The first-order chi connectivity index (χ1) is 15.2. The molecule has 1 aliphatic heterocycles. The molecule has 0 saturated heterocycles. The number of anilines is 2. The Labute approximate surface area is 183 Å². The SMILES string of the molecule is CNc1cc(-c2cc(N3CC=CS3(=O)=O)ccc2Oc2ccc(F)cc2F)cn(C)c1=O. The van der Waals surface area contributed by atoms with Gasteiger partial charge in [0, 0.05) is 42.9 Å². The second-order valence-electron chi connectivity index (χ2n) is 7.11. The second-order valence-corrected chi connectivity index (χ2v) is 8.86. The molecule has 0 amide bonds. The summed E-state index contributed by atoms with van der Waals surface area (Å²) in [7, 11) is -0.430. The molecule has 32 heavy (non-hydrogen) atoms. The van der Waals surface area contributed by atoms with Crippen LogP contribution >= 0.6 is 0 Å². The highest BCUT2D eigenvalue weighted by molar-refractivity contribution is 7.95. The van der Waals surface area contributed by atoms with Gasteiger partial charge >= 0.3 is 0 Å². The number of rotatable bonds is 5. The van der Waals surface area contributed by atoms with Crippen LogP contribution in [-0.2, 0) is 17.1 Å². The zero-order valence-corrected chi connectivity index (χ0v) is 18.0. The molecule has 0 radical (unpaired) electrons. The number of nitrogens with one attached hydrogen (secondary N) is 1. The first kappa shape index (κ1) is 21.6. The van der Waals surface area contributed by atoms with E-state index in [1.165, 1.54) is 27.1 Å². The predicted octanol–water partition coefficient (Wildman–Crippen LogP) is 3.83. The number of aryl methyl sites for hydroxylation is 1. The van der Waals surface area contributed by atoms with Crippen LogP contribution in [0.25, 0.3) is 11.1 Å². The van der Waals surface area contributed by atoms with Crippen LogP contribution < -0.4 is 19.9 Å². The van der Waals surface area contributed by atoms with Gasteiger partial charge in [0.2, 0.25) is 0 Å². The lowest BCUT2D eigenvalue weighted by atomic mass is 10.0. The minimum absolute atomic E-state index is 0.170. The van der Waals surface area contributed by atoms with Gasteiger partial charge < -0.3 is 14.6 Å². The van der Waals surface area contributed by atoms with Crippen molar-refractivity contribution in [2.24, 2.45) is 7.05 Å². The number of halogens is 2. The van der Waals surface area contributed by atoms with Crippen molar-refractivity contribution in [1.82, 2.24) is 4.57 Å². The van der Waals surface area contributed by atoms with Crippen LogP contribution in [0.2, 0.25) is 0 Å². The fraction of sp³-hybridized carbons (Fsp3) is 0.136. The van der Waals surface area contributed by atoms with Crippen LogP contribution in [0.5, 0.6) is 11.5 Å². The van der Waals surface area contributed by atoms with Gasteiger partial charge in [-0.1, -0.05) is 6.08 Å². The standard InChI is InChI=1S/C22H19F2N3O4S/c1-25-19-10-14(13-26(2)22(19)28)17-12-16(27-8-3-9-32(27,29)30)5-7-20(17)31-21-6-4-15(23)11-18(21)24/h3-7,9-13,25H,8H2,1-2H3. The Bertz CT molecular complexity index is 1400. The number of nitrogens with zero attached hydrogens (tertiary/aromatic N) is 2. The minimum atomic E-state index is -3.61. The van der Waals surface area contributed by atoms with Crippen LogP contribution in [0.15, 0.2) is 64.9 Å². The summed E-state index contributed by atoms with van der Waals surface area (Å²) in [5.41, 5.74) is 1.37. The highest BCUT2D eigenvalue weighted by atomic mass is 32.2. The third-order valence-corrected chi connectivity index (χ3v) is 6.49. The van der Waals surface area contributed by atoms with E-state index in [0.717, 1.165) is 17.5 Å². The minimum Gasteiger partial charge on any atom is -0.454 e. The Hall–Kier alpha value is -3.66. The van der Waals surface area contributed by atoms with Gasteiger partial charge in [-0.05, 0) is 36.4 Å². The van der Waals surface area contributed by atoms with Crippen LogP contribution in [0.1, 0.15) is 0 Å². The molecule has 7 nitrogen and oxygen atoms in total. The molecule has 2 aromatic carbocycles. The topological polar surface area (TPSA) is 80.6 Å². The van der Waals surface area contributed by atoms with E-state index in [9.17, 15) is 22.0 Å². The fourth-order valence-corrected chi connectivity index (χ4v) is 4.57. The summed E-state index contributed by atoms with van der Waals surface area (Å²) in [6.07, 6.45) is 3.09. The average molecular weight is 459 g/mol. The molecule has 0 saturated carbocycles. The third kappa shape index (κ3) is 3.96. The summed E-state index contributed by atoms with van der Waals surface area (Å²) in [6.45, 7) is 0.170. The Morgan fingerprint density at radius 3 is 2.47 bits per heavy atom. The van der Waals surface area contributed by atoms with Crippen molar-refractivity contribution < 1.29 is 21.9 Å². The molecule has 1 N–H and O–H groups in total. The van der Waals surface area contributed by atoms with Gasteiger partial charge in [-0.25, -0.2) is 17.2 Å². The summed E-state index contributed by atoms with van der Waals surface area (Å²) < 4.78 is 60.5. The molecular weight excluding hydrogens is 440 g/mol. The third-order valence-electron chi connectivity index (χ3n) is 4.98. The lowest BCUT2D eigenvalue weighted by Crippen LogP contribution is -2.24. The summed E-state index contributed by atoms with van der Waals surface area (Å²) >= 11 is 0. The zero-order chi connectivity index (χ0) is 23.0. The van der Waals surface area contributed by atoms with Gasteiger partial charge in [-0.15, -0.1) is 0 Å². The Kier molecular flexibility index (Phi) is 5.47. The number of sulfonamides is 1. The van der Waals surface area contributed by atoms with Gasteiger partial charge in [0.25, 0.3) is 15.6 Å². The summed E-state index contributed by atoms with van der Waals surface area (Å²) in [5.74, 6) is -1.63. The summed E-state index contributed by atoms with van der Waals surface area (Å²) in [5, 5.41) is 3.94. The Morgan fingerprint density at radius 2 is 1.81 bits per heavy atom. The van der Waals surface area contributed by atoms with E-state index >= 15 is 0 Å². The Morgan fingerprint density at radius 1 is 1.06 bits per heavy atom. The van der Waals surface area contributed by atoms with Crippen molar-refractivity contribution >= 4 is 21.4 Å². The van der Waals surface area contributed by atoms with Crippen molar-refractivity contribution in [3.8, 4) is 22.6 Å². The van der Waals surface area contributed by atoms with Gasteiger partial charge in [0.15, 0.2) is 11.6 Å². The van der Waals surface area contributed by atoms with Crippen molar-refractivity contribution in [3.63, 3.8) is 0 Å². The van der Waals surface area contributed by atoms with Crippen LogP contribution in [0.4, 0.5) is 20.2 Å². The molecular formula is C22H19F2N3O4S. The molecule has 0 unspecified atom stereocenters. The lowest BCUT2D eigenvalue weighted by molar-refractivity contribution is 0.439. The molecule has 0 fully saturated rings. The van der Waals surface area contributed by atoms with Gasteiger partial charge in [-0.3, -0.25) is 9.10 Å². The molecule has 1 aliphatic rings. The number of aromatic nitrogens is 1. The first-order valence-corrected chi connectivity index (χ1v) is 11.0. The monoisotopic (exact) mass is 459 g/mol. The normalized spacial score (nSPS) is 14.6. The number of hydrogen-bond acceptors (Lipinski definition) is 5. The fourth-order valence-electron chi connectivity index (χ4n) is 3.39. The number of pyridine rings is 1. The molecule has 0 bridgehead atoms. The highest BCUT2D eigenvalue weighted by Crippen LogP contribution is 2.38. The van der Waals surface area contributed by atoms with Gasteiger partial charge in [0.05, 0.1) is 12.2 Å². The maximum Gasteiger partial charge on any atom is 0.273 e. The zero-order valence-electron chi connectivity index (χ0n) is 17.2. The maximum absolute atomic E-state index is 14.2. The molecule has 0 spiro atoms. The molecule has 166 valence electrons. The van der Waals surface area contributed by atoms with Crippen molar-refractivity contribution in [2.75, 3.05) is 23.2 Å². The largest absolute Gasteiger partial charge is 0.454 e. The Balaban J connectivity index is 1.88. The molecule has 0 atom stereocenters. The van der Waals surface area contributed by atoms with E-state index in [1.807, 2.05) is 0 Å². The summed E-state index contributed by atoms with van der Waals surface area (Å²) in [6, 6.07) is 9.15. The average Bonchev–Trinajstić information content (AvgIpc) is 3.11. The van der Waals surface area contributed by atoms with E-state index in [0.29, 0.717) is 28.6 Å². The highest BCUT2D eigenvalue weighted by Gasteiger charge is 2.25. The summed E-state index contributed by atoms with van der Waals surface area (Å²) in [4.78, 5) is 12.3. The van der Waals surface area contributed by atoms with E-state index in [-0.39, 0.29) is 23.6 Å². The maximum atomic E-state index is 14.2. The van der Waals surface area contributed by atoms with Crippen molar-refractivity contribution in [3.05, 3.63) is 82.1 Å². The molecule has 2 heterocycles. The van der Waals surface area contributed by atoms with Crippen LogP contribution in [-0.4, -0.2) is 26.6 Å². The lowest BCUT2D eigenvalue weighted by Gasteiger charge is -2.20. The van der Waals surface area contributed by atoms with E-state index in [1.54, 1.807) is 32.4 Å². The van der Waals surface area contributed by atoms with Crippen molar-refractivity contribution in [1.29, 1.82) is 0 Å². The number of ether oxygens (including phenoxy) is 1. The van der Waals surface area contributed by atoms with E-state index < -0.39 is 21.7 Å². The van der Waals surface area contributed by atoms with Gasteiger partial charge in [-0.2, -0.15) is 0 Å².